The zero-order valence-corrected chi connectivity index (χ0v) is 32.5. The van der Waals surface area contributed by atoms with Crippen LogP contribution in [-0.4, -0.2) is 69.7 Å². The van der Waals surface area contributed by atoms with Gasteiger partial charge in [0.2, 0.25) is 11.8 Å². The normalized spacial score (nSPS) is 18.2. The van der Waals surface area contributed by atoms with Crippen molar-refractivity contribution in [1.82, 2.24) is 25.5 Å². The van der Waals surface area contributed by atoms with E-state index in [0.29, 0.717) is 41.9 Å². The van der Waals surface area contributed by atoms with Gasteiger partial charge in [0.25, 0.3) is 5.56 Å². The van der Waals surface area contributed by atoms with Gasteiger partial charge in [0.05, 0.1) is 41.6 Å². The van der Waals surface area contributed by atoms with E-state index in [1.807, 2.05) is 30.3 Å². The first kappa shape index (κ1) is 40.6. The van der Waals surface area contributed by atoms with E-state index >= 15 is 4.39 Å². The van der Waals surface area contributed by atoms with Gasteiger partial charge in [-0.3, -0.25) is 24.0 Å². The number of pyridine rings is 2. The number of carbonyl (C=O) groups is 5. The Balaban J connectivity index is 1.05. The molecule has 0 bridgehead atoms. The van der Waals surface area contributed by atoms with E-state index in [-0.39, 0.29) is 105 Å². The number of benzene rings is 2. The summed E-state index contributed by atoms with van der Waals surface area (Å²) in [5.41, 5.74) is 8.62. The van der Waals surface area contributed by atoms with E-state index in [1.54, 1.807) is 24.5 Å². The van der Waals surface area contributed by atoms with Gasteiger partial charge in [-0.2, -0.15) is 0 Å². The van der Waals surface area contributed by atoms with Gasteiger partial charge < -0.3 is 36.1 Å². The van der Waals surface area contributed by atoms with Crippen LogP contribution in [0.1, 0.15) is 90.4 Å². The molecule has 0 saturated heterocycles. The number of nitrogens with zero attached hydrogens (tertiary/aromatic N) is 2. The molecule has 0 spiro atoms. The number of halogens is 1. The first-order valence-electron chi connectivity index (χ1n) is 19.7. The van der Waals surface area contributed by atoms with Gasteiger partial charge in [-0.05, 0) is 60.9 Å². The number of Topliss-reactive ketones (excluding diaryl/α,β-unsaturated/α-hetero) is 2. The van der Waals surface area contributed by atoms with Crippen molar-refractivity contribution < 1.29 is 38.2 Å². The number of rotatable bonds is 16. The van der Waals surface area contributed by atoms with Crippen LogP contribution >= 0.6 is 0 Å². The van der Waals surface area contributed by atoms with Gasteiger partial charge in [0, 0.05) is 67.4 Å². The molecule has 1 aliphatic carbocycles. The molecule has 4 aromatic rings. The highest BCUT2D eigenvalue weighted by Crippen LogP contribution is 2.45. The molecule has 3 aliphatic rings. The number of aromatic nitrogens is 2. The zero-order valence-electron chi connectivity index (χ0n) is 32.5. The lowest BCUT2D eigenvalue weighted by atomic mass is 9.81. The Morgan fingerprint density at radius 1 is 1.03 bits per heavy atom. The quantitative estimate of drug-likeness (QED) is 0.0724. The molecule has 2 aromatic carbocycles. The van der Waals surface area contributed by atoms with E-state index in [9.17, 15) is 33.9 Å². The largest absolute Gasteiger partial charge is 0.458 e. The molecule has 2 aromatic heterocycles. The fraction of sp³-hybridized carbons (Fsp3) is 0.419. The fourth-order valence-corrected chi connectivity index (χ4v) is 8.42. The van der Waals surface area contributed by atoms with E-state index in [0.717, 1.165) is 27.6 Å². The number of amides is 2. The Bertz CT molecular complexity index is 2400. The lowest BCUT2D eigenvalue weighted by Crippen LogP contribution is -2.44. The summed E-state index contributed by atoms with van der Waals surface area (Å²) in [7, 11) is 0. The number of fused-ring (bicyclic) bond motifs is 5. The maximum Gasteiger partial charge on any atom is 0.343 e. The van der Waals surface area contributed by atoms with Crippen molar-refractivity contribution in [2.45, 2.75) is 96.1 Å². The predicted octanol–water partition coefficient (Wildman–Crippen LogP) is 2.61. The molecule has 2 amide bonds. The summed E-state index contributed by atoms with van der Waals surface area (Å²) in [6.45, 7) is 3.75. The summed E-state index contributed by atoms with van der Waals surface area (Å²) in [4.78, 5) is 82.0. The van der Waals surface area contributed by atoms with E-state index in [4.69, 9.17) is 15.5 Å². The number of esters is 1. The van der Waals surface area contributed by atoms with Crippen molar-refractivity contribution in [3.05, 3.63) is 97.6 Å². The summed E-state index contributed by atoms with van der Waals surface area (Å²) >= 11 is 0. The van der Waals surface area contributed by atoms with Crippen molar-refractivity contribution in [3.63, 3.8) is 0 Å². The number of aliphatic hydroxyl groups is 1. The molecule has 304 valence electrons. The average Bonchev–Trinajstić information content (AvgIpc) is 3.60. The highest BCUT2D eigenvalue weighted by Gasteiger charge is 2.46. The number of aryl methyl sites for hydroxylation is 1. The minimum atomic E-state index is -1.98. The molecule has 14 nitrogen and oxygen atoms in total. The van der Waals surface area contributed by atoms with Crippen molar-refractivity contribution >= 4 is 40.3 Å². The van der Waals surface area contributed by atoms with Gasteiger partial charge >= 0.3 is 5.97 Å². The number of hydrogen-bond donors (Lipinski definition) is 5. The van der Waals surface area contributed by atoms with Gasteiger partial charge in [0.1, 0.15) is 18.2 Å². The van der Waals surface area contributed by atoms with Crippen LogP contribution < -0.4 is 27.2 Å². The molecule has 0 unspecified atom stereocenters. The second kappa shape index (κ2) is 16.7. The standard InChI is InChI=1S/C43H47FN6O8/c1-3-43(57)29-18-34-40-27(21-50(34)41(55)28(29)22-58-42(43)56)39-31(11-10-26-23(2)30(44)19-33(49-40)38(26)39)46-15-16-47-36(53)14-12-35(52)32(17-24-7-5-4-6-8-24)48-37(54)13-9-25(51)20-45/h4-8,18-19,31-32,46,57H,3,9-17,20-22,45H2,1-2H3,(H,47,53)(H,48,54)/t31-,32-,43-/m0/s1. The minimum absolute atomic E-state index is 0.00465. The van der Waals surface area contributed by atoms with Crippen LogP contribution in [0.2, 0.25) is 0 Å². The van der Waals surface area contributed by atoms with Crippen LogP contribution in [-0.2, 0) is 60.3 Å². The summed E-state index contributed by atoms with van der Waals surface area (Å²) in [5, 5.41) is 21.3. The van der Waals surface area contributed by atoms with E-state index in [2.05, 4.69) is 16.0 Å². The van der Waals surface area contributed by atoms with Gasteiger partial charge in [0.15, 0.2) is 11.4 Å². The van der Waals surface area contributed by atoms with Crippen LogP contribution in [0, 0.1) is 12.7 Å². The van der Waals surface area contributed by atoms with Crippen LogP contribution in [0.15, 0.2) is 47.3 Å². The average molecular weight is 795 g/mol. The molecule has 0 radical (unpaired) electrons. The van der Waals surface area contributed by atoms with Crippen molar-refractivity contribution in [3.8, 4) is 11.4 Å². The molecule has 58 heavy (non-hydrogen) atoms. The highest BCUT2D eigenvalue weighted by atomic mass is 19.1. The number of nitrogens with two attached hydrogens (primary N) is 1. The third-order valence-corrected chi connectivity index (χ3v) is 11.7. The maximum absolute atomic E-state index is 15.3. The summed E-state index contributed by atoms with van der Waals surface area (Å²) in [6, 6.07) is 11.1. The lowest BCUT2D eigenvalue weighted by Gasteiger charge is -2.31. The molecule has 15 heteroatoms. The number of carbonyl (C=O) groups excluding carboxylic acids is 5. The van der Waals surface area contributed by atoms with Gasteiger partial charge in [-0.1, -0.05) is 37.3 Å². The number of cyclic esters (lactones) is 1. The molecule has 7 rings (SSSR count). The topological polar surface area (TPSA) is 212 Å². The predicted molar refractivity (Wildman–Crippen MR) is 211 cm³/mol. The Morgan fingerprint density at radius 3 is 2.53 bits per heavy atom. The highest BCUT2D eigenvalue weighted by molar-refractivity contribution is 5.94. The molecular weight excluding hydrogens is 748 g/mol. The molecule has 3 atom stereocenters. The summed E-state index contributed by atoms with van der Waals surface area (Å²) < 4.78 is 22.1. The van der Waals surface area contributed by atoms with Crippen LogP contribution in [0.25, 0.3) is 22.3 Å². The lowest BCUT2D eigenvalue weighted by molar-refractivity contribution is -0.172. The summed E-state index contributed by atoms with van der Waals surface area (Å²) in [5.74, 6) is -2.55. The molecule has 0 fully saturated rings. The van der Waals surface area contributed by atoms with Crippen LogP contribution in [0.5, 0.6) is 0 Å². The van der Waals surface area contributed by atoms with Crippen LogP contribution in [0.3, 0.4) is 0 Å². The minimum Gasteiger partial charge on any atom is -0.458 e. The number of ketones is 2. The number of nitrogens with one attached hydrogen (secondary N) is 3. The van der Waals surface area contributed by atoms with Gasteiger partial charge in [-0.25, -0.2) is 14.2 Å². The zero-order chi connectivity index (χ0) is 41.3. The Hall–Kier alpha value is -5.64. The monoisotopic (exact) mass is 794 g/mol. The third kappa shape index (κ3) is 7.68. The van der Waals surface area contributed by atoms with E-state index < -0.39 is 29.1 Å². The Morgan fingerprint density at radius 2 is 1.79 bits per heavy atom. The van der Waals surface area contributed by atoms with E-state index in [1.165, 1.54) is 6.07 Å². The second-order valence-corrected chi connectivity index (χ2v) is 15.2. The van der Waals surface area contributed by atoms with Crippen molar-refractivity contribution in [2.24, 2.45) is 5.73 Å². The first-order valence-corrected chi connectivity index (χ1v) is 19.7. The number of ether oxygens (including phenoxy) is 1. The van der Waals surface area contributed by atoms with Crippen LogP contribution in [0.4, 0.5) is 4.39 Å². The molecule has 6 N–H and O–H groups in total. The van der Waals surface area contributed by atoms with Crippen molar-refractivity contribution in [1.29, 1.82) is 0 Å². The molecule has 4 heterocycles. The van der Waals surface area contributed by atoms with Gasteiger partial charge in [-0.15, -0.1) is 0 Å². The second-order valence-electron chi connectivity index (χ2n) is 15.2. The fourth-order valence-electron chi connectivity index (χ4n) is 8.42. The van der Waals surface area contributed by atoms with Crippen molar-refractivity contribution in [2.75, 3.05) is 19.6 Å². The molecular formula is C43H47FN6O8. The summed E-state index contributed by atoms with van der Waals surface area (Å²) in [6.07, 6.45) is 1.12. The molecule has 0 saturated carbocycles. The molecule has 2 aliphatic heterocycles. The third-order valence-electron chi connectivity index (χ3n) is 11.7. The first-order chi connectivity index (χ1) is 27.8. The maximum atomic E-state index is 15.3. The number of hydrogen-bond acceptors (Lipinski definition) is 11. The smallest absolute Gasteiger partial charge is 0.343 e. The SMILES string of the molecule is CC[C@@]1(O)C(=O)OCc2c1cc1n(c2=O)Cc2c-1nc1cc(F)c(C)c3c1c2[C@@H](NCCNC(=O)CCC(=O)[C@H](Cc1ccccc1)NC(=O)CCC(=O)CN)CC3. The Labute approximate surface area is 333 Å². The Kier molecular flexibility index (Phi) is 11.7.